The molecule has 1 aliphatic rings. The minimum Gasteiger partial charge on any atom is -0.468 e. The molecule has 0 saturated carbocycles. The van der Waals surface area contributed by atoms with E-state index < -0.39 is 0 Å². The van der Waals surface area contributed by atoms with E-state index in [1.165, 1.54) is 7.11 Å². The van der Waals surface area contributed by atoms with E-state index in [1.54, 1.807) is 6.20 Å². The highest BCUT2D eigenvalue weighted by Crippen LogP contribution is 2.13. The normalized spacial score (nSPS) is 20.8. The number of aromatic amines is 1. The number of hydrogen-bond acceptors (Lipinski definition) is 4. The number of nitrogens with one attached hydrogen (secondary N) is 2. The van der Waals surface area contributed by atoms with Gasteiger partial charge in [-0.15, -0.1) is 0 Å². The summed E-state index contributed by atoms with van der Waals surface area (Å²) in [7, 11) is 1.40. The number of carbonyl (C=O) groups is 1. The van der Waals surface area contributed by atoms with Crippen molar-refractivity contribution in [3.05, 3.63) is 17.5 Å². The van der Waals surface area contributed by atoms with Gasteiger partial charge in [0.25, 0.3) is 0 Å². The Balaban J connectivity index is 2.13. The summed E-state index contributed by atoms with van der Waals surface area (Å²) in [4.78, 5) is 11.2. The van der Waals surface area contributed by atoms with Gasteiger partial charge in [-0.2, -0.15) is 5.10 Å². The number of methoxy groups -OCH3 is 1. The lowest BCUT2D eigenvalue weighted by Gasteiger charge is -2.20. The molecule has 2 N–H and O–H groups in total. The zero-order valence-electron chi connectivity index (χ0n) is 7.33. The first kappa shape index (κ1) is 8.25. The van der Waals surface area contributed by atoms with Crippen LogP contribution in [0.5, 0.6) is 0 Å². The molecule has 1 aliphatic heterocycles. The average Bonchev–Trinajstić information content (AvgIpc) is 2.63. The number of aromatic nitrogens is 2. The van der Waals surface area contributed by atoms with Crippen LogP contribution in [0.25, 0.3) is 0 Å². The van der Waals surface area contributed by atoms with Crippen molar-refractivity contribution in [1.82, 2.24) is 15.5 Å². The first-order valence-corrected chi connectivity index (χ1v) is 4.13. The molecule has 1 unspecified atom stereocenters. The second kappa shape index (κ2) is 3.18. The Morgan fingerprint density at radius 2 is 2.62 bits per heavy atom. The number of esters is 1. The Morgan fingerprint density at radius 1 is 1.77 bits per heavy atom. The van der Waals surface area contributed by atoms with E-state index in [4.69, 9.17) is 0 Å². The highest BCUT2D eigenvalue weighted by Gasteiger charge is 2.25. The summed E-state index contributed by atoms with van der Waals surface area (Å²) in [6.45, 7) is 0.648. The van der Waals surface area contributed by atoms with Crippen LogP contribution in [0, 0.1) is 0 Å². The first-order chi connectivity index (χ1) is 6.31. The third kappa shape index (κ3) is 1.42. The largest absolute Gasteiger partial charge is 0.468 e. The summed E-state index contributed by atoms with van der Waals surface area (Å²) in [5, 5.41) is 9.84. The molecule has 1 aromatic heterocycles. The molecule has 5 heteroatoms. The Morgan fingerprint density at radius 3 is 3.38 bits per heavy atom. The van der Waals surface area contributed by atoms with Crippen molar-refractivity contribution in [3.8, 4) is 0 Å². The predicted octanol–water partition coefficient (Wildman–Crippen LogP) is -0.403. The number of nitrogens with zero attached hydrogens (tertiary/aromatic N) is 1. The number of rotatable bonds is 1. The molecule has 1 atom stereocenters. The molecule has 0 bridgehead atoms. The van der Waals surface area contributed by atoms with Crippen molar-refractivity contribution in [2.45, 2.75) is 19.0 Å². The first-order valence-electron chi connectivity index (χ1n) is 4.13. The standard InChI is InChI=1S/C8H11N3O2/c1-13-8(12)6-2-5-3-10-11-7(5)4-9-6/h3,6,9H,2,4H2,1H3,(H,10,11). The maximum absolute atomic E-state index is 11.2. The lowest BCUT2D eigenvalue weighted by Crippen LogP contribution is -2.42. The molecule has 2 heterocycles. The molecule has 0 amide bonds. The van der Waals surface area contributed by atoms with Crippen LogP contribution in [0.15, 0.2) is 6.20 Å². The fourth-order valence-corrected chi connectivity index (χ4v) is 1.49. The molecule has 2 rings (SSSR count). The number of fused-ring (bicyclic) bond motifs is 1. The average molecular weight is 181 g/mol. The van der Waals surface area contributed by atoms with Gasteiger partial charge in [0.05, 0.1) is 19.0 Å². The van der Waals surface area contributed by atoms with E-state index in [0.717, 1.165) is 11.3 Å². The second-order valence-corrected chi connectivity index (χ2v) is 3.03. The minimum absolute atomic E-state index is 0.216. The smallest absolute Gasteiger partial charge is 0.323 e. The van der Waals surface area contributed by atoms with Gasteiger partial charge in [0, 0.05) is 13.0 Å². The Labute approximate surface area is 75.5 Å². The zero-order valence-corrected chi connectivity index (χ0v) is 7.33. The van der Waals surface area contributed by atoms with Crippen LogP contribution < -0.4 is 5.32 Å². The molecule has 13 heavy (non-hydrogen) atoms. The van der Waals surface area contributed by atoms with Gasteiger partial charge in [-0.25, -0.2) is 0 Å². The van der Waals surface area contributed by atoms with Crippen LogP contribution in [-0.4, -0.2) is 29.3 Å². The van der Waals surface area contributed by atoms with Crippen LogP contribution in [0.2, 0.25) is 0 Å². The van der Waals surface area contributed by atoms with E-state index in [2.05, 4.69) is 20.3 Å². The number of carbonyl (C=O) groups excluding carboxylic acids is 1. The lowest BCUT2D eigenvalue weighted by atomic mass is 10.0. The topological polar surface area (TPSA) is 67.0 Å². The van der Waals surface area contributed by atoms with Crippen LogP contribution >= 0.6 is 0 Å². The molecule has 0 fully saturated rings. The van der Waals surface area contributed by atoms with Crippen LogP contribution in [-0.2, 0) is 22.5 Å². The van der Waals surface area contributed by atoms with Crippen molar-refractivity contribution >= 4 is 5.97 Å². The van der Waals surface area contributed by atoms with Gasteiger partial charge >= 0.3 is 5.97 Å². The highest BCUT2D eigenvalue weighted by atomic mass is 16.5. The van der Waals surface area contributed by atoms with Crippen molar-refractivity contribution in [3.63, 3.8) is 0 Å². The summed E-state index contributed by atoms with van der Waals surface area (Å²) in [5.74, 6) is -0.216. The quantitative estimate of drug-likeness (QED) is 0.578. The predicted molar refractivity (Wildman–Crippen MR) is 44.9 cm³/mol. The summed E-state index contributed by atoms with van der Waals surface area (Å²) in [6, 6.07) is -0.227. The summed E-state index contributed by atoms with van der Waals surface area (Å²) in [6.07, 6.45) is 2.41. The lowest BCUT2D eigenvalue weighted by molar-refractivity contribution is -0.143. The molecule has 0 spiro atoms. The summed E-state index contributed by atoms with van der Waals surface area (Å²) < 4.78 is 4.65. The van der Waals surface area contributed by atoms with Gasteiger partial charge in [0.15, 0.2) is 0 Å². The Kier molecular flexibility index (Phi) is 2.02. The van der Waals surface area contributed by atoms with Crippen LogP contribution in [0.1, 0.15) is 11.3 Å². The molecule has 0 radical (unpaired) electrons. The fourth-order valence-electron chi connectivity index (χ4n) is 1.49. The Bertz CT molecular complexity index is 321. The van der Waals surface area contributed by atoms with Crippen LogP contribution in [0.3, 0.4) is 0 Å². The van der Waals surface area contributed by atoms with Gasteiger partial charge in [-0.05, 0) is 5.56 Å². The van der Waals surface area contributed by atoms with E-state index in [-0.39, 0.29) is 12.0 Å². The zero-order chi connectivity index (χ0) is 9.26. The molecular formula is C8H11N3O2. The molecule has 1 aromatic rings. The number of H-pyrrole nitrogens is 1. The van der Waals surface area contributed by atoms with Gasteiger partial charge in [0.1, 0.15) is 6.04 Å². The number of hydrogen-bond donors (Lipinski definition) is 2. The molecule has 0 aromatic carbocycles. The summed E-state index contributed by atoms with van der Waals surface area (Å²) in [5.41, 5.74) is 2.15. The third-order valence-corrected chi connectivity index (χ3v) is 2.24. The number of ether oxygens (including phenoxy) is 1. The molecular weight excluding hydrogens is 170 g/mol. The van der Waals surface area contributed by atoms with Crippen molar-refractivity contribution in [2.24, 2.45) is 0 Å². The minimum atomic E-state index is -0.227. The monoisotopic (exact) mass is 181 g/mol. The van der Waals surface area contributed by atoms with Gasteiger partial charge in [0.2, 0.25) is 0 Å². The summed E-state index contributed by atoms with van der Waals surface area (Å²) >= 11 is 0. The second-order valence-electron chi connectivity index (χ2n) is 3.03. The van der Waals surface area contributed by atoms with Crippen LogP contribution in [0.4, 0.5) is 0 Å². The van der Waals surface area contributed by atoms with E-state index >= 15 is 0 Å². The van der Waals surface area contributed by atoms with E-state index in [1.807, 2.05) is 0 Å². The van der Waals surface area contributed by atoms with Gasteiger partial charge in [-0.1, -0.05) is 0 Å². The fraction of sp³-hybridized carbons (Fsp3) is 0.500. The maximum atomic E-state index is 11.2. The highest BCUT2D eigenvalue weighted by molar-refractivity contribution is 5.76. The van der Waals surface area contributed by atoms with Crippen molar-refractivity contribution in [1.29, 1.82) is 0 Å². The SMILES string of the molecule is COC(=O)C1Cc2cn[nH]c2CN1. The molecule has 0 saturated heterocycles. The maximum Gasteiger partial charge on any atom is 0.323 e. The van der Waals surface area contributed by atoms with Crippen molar-refractivity contribution in [2.75, 3.05) is 7.11 Å². The third-order valence-electron chi connectivity index (χ3n) is 2.24. The van der Waals surface area contributed by atoms with Gasteiger partial charge < -0.3 is 4.74 Å². The van der Waals surface area contributed by atoms with Crippen molar-refractivity contribution < 1.29 is 9.53 Å². The Hall–Kier alpha value is -1.36. The van der Waals surface area contributed by atoms with E-state index in [9.17, 15) is 4.79 Å². The molecule has 0 aliphatic carbocycles. The van der Waals surface area contributed by atoms with E-state index in [0.29, 0.717) is 13.0 Å². The van der Waals surface area contributed by atoms with Gasteiger partial charge in [-0.3, -0.25) is 15.2 Å². The molecule has 70 valence electrons. The molecule has 5 nitrogen and oxygen atoms in total.